The normalized spacial score (nSPS) is 15.9. The molecule has 3 heterocycles. The first-order valence-electron chi connectivity index (χ1n) is 9.51. The Morgan fingerprint density at radius 2 is 2.15 bits per heavy atom. The van der Waals surface area contributed by atoms with E-state index in [2.05, 4.69) is 43.0 Å². The van der Waals surface area contributed by atoms with E-state index >= 15 is 0 Å². The van der Waals surface area contributed by atoms with Gasteiger partial charge in [0.1, 0.15) is 0 Å². The van der Waals surface area contributed by atoms with Gasteiger partial charge in [-0.2, -0.15) is 0 Å². The first kappa shape index (κ1) is 19.5. The minimum absolute atomic E-state index is 0.135. The molecule has 7 heteroatoms. The van der Waals surface area contributed by atoms with E-state index in [1.807, 2.05) is 50.6 Å². The lowest BCUT2D eigenvalue weighted by molar-refractivity contribution is 0.232. The zero-order valence-electron chi connectivity index (χ0n) is 16.3. The number of piperidine rings is 1. The summed E-state index contributed by atoms with van der Waals surface area (Å²) < 4.78 is 5.58. The van der Waals surface area contributed by atoms with E-state index in [1.165, 1.54) is 5.00 Å². The lowest BCUT2D eigenvalue weighted by atomic mass is 10.1. The van der Waals surface area contributed by atoms with Crippen molar-refractivity contribution in [3.8, 4) is 5.88 Å². The summed E-state index contributed by atoms with van der Waals surface area (Å²) in [6.45, 7) is 6.84. The van der Waals surface area contributed by atoms with E-state index < -0.39 is 0 Å². The van der Waals surface area contributed by atoms with Crippen molar-refractivity contribution in [2.75, 3.05) is 25.0 Å². The number of rotatable bonds is 6. The Bertz CT molecular complexity index is 706. The number of guanidine groups is 1. The number of hydrogen-bond acceptors (Lipinski definition) is 5. The summed E-state index contributed by atoms with van der Waals surface area (Å²) in [6.07, 6.45) is 4.20. The Hall–Kier alpha value is -2.28. The second-order valence-corrected chi connectivity index (χ2v) is 7.88. The summed E-state index contributed by atoms with van der Waals surface area (Å²) in [7, 11) is 1.81. The minimum Gasteiger partial charge on any atom is -0.475 e. The van der Waals surface area contributed by atoms with Crippen LogP contribution in [-0.2, 0) is 6.54 Å². The zero-order valence-corrected chi connectivity index (χ0v) is 17.1. The van der Waals surface area contributed by atoms with Crippen molar-refractivity contribution >= 4 is 22.3 Å². The number of anilines is 1. The topological polar surface area (TPSA) is 61.8 Å². The van der Waals surface area contributed by atoms with Crippen LogP contribution < -0.4 is 20.3 Å². The highest BCUT2D eigenvalue weighted by Crippen LogP contribution is 2.24. The molecule has 0 spiro atoms. The molecule has 6 nitrogen and oxygen atoms in total. The van der Waals surface area contributed by atoms with Crippen molar-refractivity contribution in [2.45, 2.75) is 45.4 Å². The van der Waals surface area contributed by atoms with E-state index in [9.17, 15) is 0 Å². The highest BCUT2D eigenvalue weighted by molar-refractivity contribution is 7.14. The maximum Gasteiger partial charge on any atom is 0.213 e. The van der Waals surface area contributed by atoms with Crippen LogP contribution in [0.2, 0.25) is 0 Å². The second kappa shape index (κ2) is 9.60. The lowest BCUT2D eigenvalue weighted by Crippen LogP contribution is -2.48. The average molecular weight is 388 g/mol. The third kappa shape index (κ3) is 5.85. The summed E-state index contributed by atoms with van der Waals surface area (Å²) in [6, 6.07) is 8.71. The molecular formula is C20H29N5OS. The predicted molar refractivity (Wildman–Crippen MR) is 113 cm³/mol. The Balaban J connectivity index is 1.43. The van der Waals surface area contributed by atoms with Crippen molar-refractivity contribution < 1.29 is 4.74 Å². The molecule has 2 N–H and O–H groups in total. The van der Waals surface area contributed by atoms with Crippen molar-refractivity contribution in [3.63, 3.8) is 0 Å². The molecule has 1 saturated heterocycles. The van der Waals surface area contributed by atoms with E-state index in [4.69, 9.17) is 4.74 Å². The number of hydrogen-bond donors (Lipinski definition) is 2. The number of nitrogens with one attached hydrogen (secondary N) is 2. The van der Waals surface area contributed by atoms with E-state index in [-0.39, 0.29) is 6.10 Å². The Labute approximate surface area is 165 Å². The monoisotopic (exact) mass is 387 g/mol. The van der Waals surface area contributed by atoms with Gasteiger partial charge in [0.2, 0.25) is 5.88 Å². The molecule has 0 saturated carbocycles. The van der Waals surface area contributed by atoms with Crippen LogP contribution in [0.15, 0.2) is 40.8 Å². The Morgan fingerprint density at radius 1 is 1.33 bits per heavy atom. The van der Waals surface area contributed by atoms with E-state index in [1.54, 1.807) is 0 Å². The molecule has 0 unspecified atom stereocenters. The molecule has 0 bridgehead atoms. The highest BCUT2D eigenvalue weighted by atomic mass is 32.1. The molecule has 3 rings (SSSR count). The second-order valence-electron chi connectivity index (χ2n) is 6.95. The molecule has 0 amide bonds. The number of aromatic nitrogens is 1. The fourth-order valence-corrected chi connectivity index (χ4v) is 3.88. The standard InChI is InChI=1S/C20H29N5OS/c1-15(2)26-18-7-6-16(13-22-18)14-23-20(21-3)24-17-8-10-25(11-9-17)19-5-4-12-27-19/h4-7,12-13,15,17H,8-11,14H2,1-3H3,(H2,21,23,24). The van der Waals surface area contributed by atoms with Gasteiger partial charge in [-0.25, -0.2) is 4.98 Å². The first-order chi connectivity index (χ1) is 13.1. The Kier molecular flexibility index (Phi) is 6.92. The smallest absolute Gasteiger partial charge is 0.213 e. The first-order valence-corrected chi connectivity index (χ1v) is 10.4. The summed E-state index contributed by atoms with van der Waals surface area (Å²) in [5.74, 6) is 1.50. The van der Waals surface area contributed by atoms with E-state index in [0.29, 0.717) is 18.5 Å². The number of aliphatic imine (C=N–C) groups is 1. The van der Waals surface area contributed by atoms with Crippen molar-refractivity contribution in [1.82, 2.24) is 15.6 Å². The van der Waals surface area contributed by atoms with Gasteiger partial charge in [0.15, 0.2) is 5.96 Å². The molecule has 1 fully saturated rings. The average Bonchev–Trinajstić information content (AvgIpc) is 3.21. The summed E-state index contributed by atoms with van der Waals surface area (Å²) >= 11 is 1.81. The van der Waals surface area contributed by atoms with Gasteiger partial charge in [-0.15, -0.1) is 11.3 Å². The van der Waals surface area contributed by atoms with Crippen molar-refractivity contribution in [2.24, 2.45) is 4.99 Å². The third-order valence-corrected chi connectivity index (χ3v) is 5.42. The summed E-state index contributed by atoms with van der Waals surface area (Å²) in [5, 5.41) is 10.4. The van der Waals surface area contributed by atoms with Crippen LogP contribution in [-0.4, -0.2) is 43.2 Å². The van der Waals surface area contributed by atoms with Gasteiger partial charge in [0, 0.05) is 45.0 Å². The molecule has 0 radical (unpaired) electrons. The number of nitrogens with zero attached hydrogens (tertiary/aromatic N) is 3. The van der Waals surface area contributed by atoms with Gasteiger partial charge in [-0.3, -0.25) is 4.99 Å². The molecule has 0 aromatic carbocycles. The molecule has 1 aliphatic rings. The van der Waals surface area contributed by atoms with Crippen LogP contribution in [0.4, 0.5) is 5.00 Å². The quantitative estimate of drug-likeness (QED) is 0.588. The maximum absolute atomic E-state index is 5.58. The molecule has 0 aliphatic carbocycles. The van der Waals surface area contributed by atoms with Crippen LogP contribution in [0.5, 0.6) is 5.88 Å². The third-order valence-electron chi connectivity index (χ3n) is 4.49. The SMILES string of the molecule is CN=C(NCc1ccc(OC(C)C)nc1)NC1CCN(c2cccs2)CC1. The van der Waals surface area contributed by atoms with Gasteiger partial charge >= 0.3 is 0 Å². The minimum atomic E-state index is 0.135. The fraction of sp³-hybridized carbons (Fsp3) is 0.500. The Morgan fingerprint density at radius 3 is 2.74 bits per heavy atom. The van der Waals surface area contributed by atoms with Gasteiger partial charge in [-0.05, 0) is 49.8 Å². The molecule has 146 valence electrons. The van der Waals surface area contributed by atoms with Gasteiger partial charge in [0.25, 0.3) is 0 Å². The predicted octanol–water partition coefficient (Wildman–Crippen LogP) is 3.26. The van der Waals surface area contributed by atoms with Crippen molar-refractivity contribution in [3.05, 3.63) is 41.4 Å². The molecular weight excluding hydrogens is 358 g/mol. The van der Waals surface area contributed by atoms with Gasteiger partial charge < -0.3 is 20.3 Å². The van der Waals surface area contributed by atoms with Crippen LogP contribution in [0, 0.1) is 0 Å². The zero-order chi connectivity index (χ0) is 19.1. The molecule has 2 aromatic heterocycles. The van der Waals surface area contributed by atoms with Gasteiger partial charge in [-0.1, -0.05) is 6.07 Å². The largest absolute Gasteiger partial charge is 0.475 e. The maximum atomic E-state index is 5.58. The highest BCUT2D eigenvalue weighted by Gasteiger charge is 2.20. The molecule has 0 atom stereocenters. The molecule has 27 heavy (non-hydrogen) atoms. The number of thiophene rings is 1. The van der Waals surface area contributed by atoms with Crippen LogP contribution in [0.25, 0.3) is 0 Å². The van der Waals surface area contributed by atoms with Gasteiger partial charge in [0.05, 0.1) is 11.1 Å². The summed E-state index contributed by atoms with van der Waals surface area (Å²) in [5.41, 5.74) is 1.10. The van der Waals surface area contributed by atoms with Crippen LogP contribution >= 0.6 is 11.3 Å². The fourth-order valence-electron chi connectivity index (χ4n) is 3.09. The summed E-state index contributed by atoms with van der Waals surface area (Å²) in [4.78, 5) is 11.2. The molecule has 1 aliphatic heterocycles. The number of pyridine rings is 1. The van der Waals surface area contributed by atoms with Crippen LogP contribution in [0.1, 0.15) is 32.3 Å². The lowest BCUT2D eigenvalue weighted by Gasteiger charge is -2.33. The number of ether oxygens (including phenoxy) is 1. The van der Waals surface area contributed by atoms with Crippen molar-refractivity contribution in [1.29, 1.82) is 0 Å². The van der Waals surface area contributed by atoms with Crippen LogP contribution in [0.3, 0.4) is 0 Å². The molecule has 2 aromatic rings. The van der Waals surface area contributed by atoms with E-state index in [0.717, 1.165) is 37.5 Å².